The summed E-state index contributed by atoms with van der Waals surface area (Å²) in [6.07, 6.45) is 1.64. The fourth-order valence-corrected chi connectivity index (χ4v) is 3.17. The maximum absolute atomic E-state index is 13.6. The second-order valence-electron chi connectivity index (χ2n) is 6.45. The Bertz CT molecular complexity index is 1140. The van der Waals surface area contributed by atoms with Crippen molar-refractivity contribution in [1.82, 2.24) is 20.1 Å². The molecule has 0 spiro atoms. The molecular formula is C22H19FN4O. The number of fused-ring (bicyclic) bond motifs is 1. The number of pyridine rings is 1. The van der Waals surface area contributed by atoms with Crippen LogP contribution in [0.3, 0.4) is 0 Å². The van der Waals surface area contributed by atoms with Crippen LogP contribution in [-0.4, -0.2) is 27.2 Å². The molecule has 0 aliphatic rings. The normalized spacial score (nSPS) is 10.9. The number of aromatic nitrogens is 3. The van der Waals surface area contributed by atoms with E-state index in [1.165, 1.54) is 12.1 Å². The van der Waals surface area contributed by atoms with Crippen LogP contribution in [0.25, 0.3) is 22.3 Å². The van der Waals surface area contributed by atoms with Gasteiger partial charge in [-0.15, -0.1) is 0 Å². The molecule has 0 aliphatic carbocycles. The topological polar surface area (TPSA) is 59.8 Å². The zero-order valence-electron chi connectivity index (χ0n) is 15.4. The Hall–Kier alpha value is -3.54. The van der Waals surface area contributed by atoms with Gasteiger partial charge in [-0.2, -0.15) is 5.10 Å². The Kier molecular flexibility index (Phi) is 4.85. The Morgan fingerprint density at radius 3 is 2.68 bits per heavy atom. The molecule has 2 aromatic heterocycles. The molecule has 28 heavy (non-hydrogen) atoms. The Labute approximate surface area is 161 Å². The van der Waals surface area contributed by atoms with E-state index in [9.17, 15) is 9.18 Å². The highest BCUT2D eigenvalue weighted by Crippen LogP contribution is 2.25. The highest BCUT2D eigenvalue weighted by Gasteiger charge is 2.17. The van der Waals surface area contributed by atoms with Gasteiger partial charge in [-0.25, -0.2) is 14.1 Å². The van der Waals surface area contributed by atoms with Gasteiger partial charge in [0, 0.05) is 12.1 Å². The second-order valence-corrected chi connectivity index (χ2v) is 6.45. The Morgan fingerprint density at radius 1 is 1.11 bits per heavy atom. The van der Waals surface area contributed by atoms with Gasteiger partial charge in [0.2, 0.25) is 0 Å². The summed E-state index contributed by atoms with van der Waals surface area (Å²) in [7, 11) is 0. The van der Waals surface area contributed by atoms with Crippen LogP contribution in [0.2, 0.25) is 0 Å². The van der Waals surface area contributed by atoms with Crippen LogP contribution in [-0.2, 0) is 6.54 Å². The van der Waals surface area contributed by atoms with Gasteiger partial charge in [0.15, 0.2) is 5.65 Å². The zero-order valence-corrected chi connectivity index (χ0v) is 15.4. The third kappa shape index (κ3) is 3.49. The number of benzene rings is 2. The van der Waals surface area contributed by atoms with Crippen molar-refractivity contribution in [2.75, 3.05) is 6.54 Å². The summed E-state index contributed by atoms with van der Waals surface area (Å²) in [6, 6.07) is 17.8. The number of halogens is 1. The molecule has 1 N–H and O–H groups in total. The third-order valence-corrected chi connectivity index (χ3v) is 4.48. The molecule has 0 atom stereocenters. The number of hydrogen-bond donors (Lipinski definition) is 1. The average molecular weight is 374 g/mol. The summed E-state index contributed by atoms with van der Waals surface area (Å²) >= 11 is 0. The molecule has 6 heteroatoms. The predicted molar refractivity (Wildman–Crippen MR) is 106 cm³/mol. The van der Waals surface area contributed by atoms with Gasteiger partial charge in [0.1, 0.15) is 5.82 Å². The SMILES string of the molecule is CCNC(=O)c1cc(-c2ccccc2)nc2c1cnn2Cc1cccc(F)c1. The Balaban J connectivity index is 1.86. The van der Waals surface area contributed by atoms with Crippen LogP contribution < -0.4 is 5.32 Å². The van der Waals surface area contributed by atoms with Crippen molar-refractivity contribution in [1.29, 1.82) is 0 Å². The first-order chi connectivity index (χ1) is 13.7. The van der Waals surface area contributed by atoms with E-state index in [-0.39, 0.29) is 11.7 Å². The highest BCUT2D eigenvalue weighted by atomic mass is 19.1. The maximum atomic E-state index is 13.6. The number of nitrogens with zero attached hydrogens (tertiary/aromatic N) is 3. The lowest BCUT2D eigenvalue weighted by atomic mass is 10.1. The lowest BCUT2D eigenvalue weighted by molar-refractivity contribution is 0.0957. The van der Waals surface area contributed by atoms with Crippen molar-refractivity contribution in [2.45, 2.75) is 13.5 Å². The molecule has 1 amide bonds. The van der Waals surface area contributed by atoms with E-state index >= 15 is 0 Å². The fourth-order valence-electron chi connectivity index (χ4n) is 3.17. The van der Waals surface area contributed by atoms with E-state index < -0.39 is 0 Å². The second kappa shape index (κ2) is 7.60. The zero-order chi connectivity index (χ0) is 19.5. The minimum absolute atomic E-state index is 0.169. The Morgan fingerprint density at radius 2 is 1.93 bits per heavy atom. The van der Waals surface area contributed by atoms with Gasteiger partial charge < -0.3 is 5.32 Å². The molecule has 0 bridgehead atoms. The summed E-state index contributed by atoms with van der Waals surface area (Å²) in [5.74, 6) is -0.465. The number of nitrogens with one attached hydrogen (secondary N) is 1. The number of amides is 1. The van der Waals surface area contributed by atoms with E-state index in [0.29, 0.717) is 35.4 Å². The minimum Gasteiger partial charge on any atom is -0.352 e. The van der Waals surface area contributed by atoms with Crippen LogP contribution in [0.5, 0.6) is 0 Å². The standard InChI is InChI=1S/C22H19FN4O/c1-2-24-22(28)18-12-20(16-8-4-3-5-9-16)26-21-19(18)13-25-27(21)14-15-7-6-10-17(23)11-15/h3-13H,2,14H2,1H3,(H,24,28). The van der Waals surface area contributed by atoms with Crippen LogP contribution in [0.4, 0.5) is 4.39 Å². The van der Waals surface area contributed by atoms with Crippen LogP contribution in [0.1, 0.15) is 22.8 Å². The summed E-state index contributed by atoms with van der Waals surface area (Å²) in [5, 5.41) is 7.92. The molecule has 2 heterocycles. The first-order valence-corrected chi connectivity index (χ1v) is 9.10. The summed E-state index contributed by atoms with van der Waals surface area (Å²) in [5.41, 5.74) is 3.49. The summed E-state index contributed by atoms with van der Waals surface area (Å²) in [4.78, 5) is 17.4. The monoisotopic (exact) mass is 374 g/mol. The quantitative estimate of drug-likeness (QED) is 0.574. The molecule has 0 unspecified atom stereocenters. The molecule has 0 aliphatic heterocycles. The molecule has 5 nitrogen and oxygen atoms in total. The van der Waals surface area contributed by atoms with Gasteiger partial charge in [0.05, 0.1) is 29.4 Å². The molecule has 4 rings (SSSR count). The van der Waals surface area contributed by atoms with E-state index in [1.54, 1.807) is 23.0 Å². The van der Waals surface area contributed by atoms with E-state index in [4.69, 9.17) is 4.98 Å². The molecular weight excluding hydrogens is 355 g/mol. The van der Waals surface area contributed by atoms with E-state index in [2.05, 4.69) is 10.4 Å². The number of rotatable bonds is 5. The van der Waals surface area contributed by atoms with Gasteiger partial charge in [0.25, 0.3) is 5.91 Å². The molecule has 0 fully saturated rings. The first-order valence-electron chi connectivity index (χ1n) is 9.10. The fraction of sp³-hybridized carbons (Fsp3) is 0.136. The van der Waals surface area contributed by atoms with Crippen LogP contribution in [0.15, 0.2) is 66.9 Å². The highest BCUT2D eigenvalue weighted by molar-refractivity contribution is 6.06. The van der Waals surface area contributed by atoms with Gasteiger partial charge >= 0.3 is 0 Å². The summed E-state index contributed by atoms with van der Waals surface area (Å²) in [6.45, 7) is 2.77. The molecule has 0 saturated heterocycles. The predicted octanol–water partition coefficient (Wildman–Crippen LogP) is 4.04. The largest absolute Gasteiger partial charge is 0.352 e. The van der Waals surface area contributed by atoms with E-state index in [0.717, 1.165) is 11.1 Å². The lowest BCUT2D eigenvalue weighted by Crippen LogP contribution is -2.23. The van der Waals surface area contributed by atoms with Crippen molar-refractivity contribution in [2.24, 2.45) is 0 Å². The lowest BCUT2D eigenvalue weighted by Gasteiger charge is -2.09. The number of hydrogen-bond acceptors (Lipinski definition) is 3. The molecule has 0 saturated carbocycles. The van der Waals surface area contributed by atoms with Gasteiger partial charge in [-0.3, -0.25) is 4.79 Å². The smallest absolute Gasteiger partial charge is 0.252 e. The van der Waals surface area contributed by atoms with Crippen molar-refractivity contribution in [3.8, 4) is 11.3 Å². The average Bonchev–Trinajstić information content (AvgIpc) is 3.11. The van der Waals surface area contributed by atoms with E-state index in [1.807, 2.05) is 43.3 Å². The van der Waals surface area contributed by atoms with Crippen molar-refractivity contribution in [3.63, 3.8) is 0 Å². The first kappa shape index (κ1) is 17.9. The third-order valence-electron chi connectivity index (χ3n) is 4.48. The molecule has 4 aromatic rings. The van der Waals surface area contributed by atoms with Crippen LogP contribution in [0, 0.1) is 5.82 Å². The molecule has 0 radical (unpaired) electrons. The number of carbonyl (C=O) groups is 1. The van der Waals surface area contributed by atoms with Crippen LogP contribution >= 0.6 is 0 Å². The maximum Gasteiger partial charge on any atom is 0.252 e. The number of carbonyl (C=O) groups excluding carboxylic acids is 1. The summed E-state index contributed by atoms with van der Waals surface area (Å²) < 4.78 is 15.2. The van der Waals surface area contributed by atoms with Crippen molar-refractivity contribution < 1.29 is 9.18 Å². The van der Waals surface area contributed by atoms with Gasteiger partial charge in [-0.1, -0.05) is 42.5 Å². The van der Waals surface area contributed by atoms with Crippen molar-refractivity contribution >= 4 is 16.9 Å². The van der Waals surface area contributed by atoms with Gasteiger partial charge in [-0.05, 0) is 30.7 Å². The molecule has 140 valence electrons. The molecule has 2 aromatic carbocycles. The van der Waals surface area contributed by atoms with Crippen molar-refractivity contribution in [3.05, 3.63) is 83.8 Å². The minimum atomic E-state index is -0.296.